The Kier molecular flexibility index (Phi) is 5.02. The van der Waals surface area contributed by atoms with Gasteiger partial charge in [-0.3, -0.25) is 9.59 Å². The second-order valence-corrected chi connectivity index (χ2v) is 6.22. The molecule has 0 bridgehead atoms. The number of rotatable bonds is 4. The molecule has 2 aliphatic rings. The van der Waals surface area contributed by atoms with Crippen LogP contribution in [0.1, 0.15) is 40.0 Å². The fraction of sp³-hybridized carbons (Fsp3) is 0.867. The third kappa shape index (κ3) is 3.32. The number of hydrogen-bond donors (Lipinski definition) is 1. The molecule has 20 heavy (non-hydrogen) atoms. The van der Waals surface area contributed by atoms with E-state index >= 15 is 0 Å². The molecular formula is C15H27N3O2. The minimum atomic E-state index is -0.132. The summed E-state index contributed by atoms with van der Waals surface area (Å²) in [4.78, 5) is 28.5. The molecule has 0 saturated carbocycles. The van der Waals surface area contributed by atoms with Crippen LogP contribution in [0.5, 0.6) is 0 Å². The van der Waals surface area contributed by atoms with Crippen LogP contribution < -0.4 is 5.32 Å². The van der Waals surface area contributed by atoms with Crippen LogP contribution in [0.2, 0.25) is 0 Å². The Morgan fingerprint density at radius 3 is 2.85 bits per heavy atom. The van der Waals surface area contributed by atoms with E-state index in [1.165, 1.54) is 0 Å². The highest BCUT2D eigenvalue weighted by molar-refractivity contribution is 5.89. The van der Waals surface area contributed by atoms with E-state index < -0.39 is 0 Å². The van der Waals surface area contributed by atoms with Crippen molar-refractivity contribution in [3.63, 3.8) is 0 Å². The molecule has 1 N–H and O–H groups in total. The quantitative estimate of drug-likeness (QED) is 0.831. The minimum absolute atomic E-state index is 0.132. The molecule has 2 heterocycles. The summed E-state index contributed by atoms with van der Waals surface area (Å²) in [5.41, 5.74) is 0. The Morgan fingerprint density at radius 2 is 2.20 bits per heavy atom. The normalized spacial score (nSPS) is 28.9. The lowest BCUT2D eigenvalue weighted by Crippen LogP contribution is -2.53. The van der Waals surface area contributed by atoms with Gasteiger partial charge in [-0.2, -0.15) is 0 Å². The van der Waals surface area contributed by atoms with E-state index in [0.29, 0.717) is 19.0 Å². The zero-order valence-electron chi connectivity index (χ0n) is 12.9. The molecule has 3 atom stereocenters. The second-order valence-electron chi connectivity index (χ2n) is 6.22. The number of nitrogens with one attached hydrogen (secondary N) is 1. The predicted molar refractivity (Wildman–Crippen MR) is 78.2 cm³/mol. The van der Waals surface area contributed by atoms with Crippen molar-refractivity contribution in [2.75, 3.05) is 26.2 Å². The molecule has 0 spiro atoms. The van der Waals surface area contributed by atoms with Gasteiger partial charge in [-0.1, -0.05) is 13.3 Å². The van der Waals surface area contributed by atoms with Crippen molar-refractivity contribution in [3.05, 3.63) is 0 Å². The maximum atomic E-state index is 12.5. The third-order valence-corrected chi connectivity index (χ3v) is 4.43. The van der Waals surface area contributed by atoms with Gasteiger partial charge in [0.15, 0.2) is 0 Å². The molecule has 5 nitrogen and oxygen atoms in total. The molecule has 0 aromatic heterocycles. The van der Waals surface area contributed by atoms with Crippen molar-refractivity contribution < 1.29 is 9.59 Å². The number of carbonyl (C=O) groups is 2. The van der Waals surface area contributed by atoms with Crippen molar-refractivity contribution in [1.29, 1.82) is 0 Å². The average Bonchev–Trinajstić information content (AvgIpc) is 2.80. The Bertz CT molecular complexity index is 372. The molecule has 2 rings (SSSR count). The van der Waals surface area contributed by atoms with Crippen LogP contribution in [0.15, 0.2) is 0 Å². The van der Waals surface area contributed by atoms with Crippen LogP contribution in [0.25, 0.3) is 0 Å². The van der Waals surface area contributed by atoms with Gasteiger partial charge in [-0.25, -0.2) is 0 Å². The van der Waals surface area contributed by atoms with Gasteiger partial charge in [0.05, 0.1) is 5.92 Å². The third-order valence-electron chi connectivity index (χ3n) is 4.43. The summed E-state index contributed by atoms with van der Waals surface area (Å²) >= 11 is 0. The topological polar surface area (TPSA) is 52.7 Å². The van der Waals surface area contributed by atoms with Gasteiger partial charge in [-0.15, -0.1) is 0 Å². The standard InChI is InChI=1S/C15H27N3O2/c1-4-5-12(3)18-10-13(8-14(18)19)15(20)17-7-6-16-11(2)9-17/h11-13,16H,4-10H2,1-3H3. The lowest BCUT2D eigenvalue weighted by Gasteiger charge is -2.33. The van der Waals surface area contributed by atoms with E-state index in [9.17, 15) is 9.59 Å². The Hall–Kier alpha value is -1.10. The smallest absolute Gasteiger partial charge is 0.228 e. The fourth-order valence-electron chi connectivity index (χ4n) is 3.29. The number of hydrogen-bond acceptors (Lipinski definition) is 3. The largest absolute Gasteiger partial charge is 0.340 e. The fourth-order valence-corrected chi connectivity index (χ4v) is 3.29. The number of piperazine rings is 1. The zero-order chi connectivity index (χ0) is 14.7. The molecule has 114 valence electrons. The summed E-state index contributed by atoms with van der Waals surface area (Å²) in [7, 11) is 0. The molecule has 2 saturated heterocycles. The first-order valence-electron chi connectivity index (χ1n) is 7.84. The van der Waals surface area contributed by atoms with E-state index in [1.54, 1.807) is 0 Å². The van der Waals surface area contributed by atoms with Gasteiger partial charge in [0.2, 0.25) is 11.8 Å². The lowest BCUT2D eigenvalue weighted by molar-refractivity contribution is -0.136. The van der Waals surface area contributed by atoms with Crippen molar-refractivity contribution in [1.82, 2.24) is 15.1 Å². The first kappa shape index (κ1) is 15.3. The van der Waals surface area contributed by atoms with E-state index in [2.05, 4.69) is 26.1 Å². The van der Waals surface area contributed by atoms with Crippen molar-refractivity contribution in [2.45, 2.75) is 52.1 Å². The monoisotopic (exact) mass is 281 g/mol. The summed E-state index contributed by atoms with van der Waals surface area (Å²) in [6, 6.07) is 0.604. The van der Waals surface area contributed by atoms with Gasteiger partial charge >= 0.3 is 0 Å². The molecule has 0 aliphatic carbocycles. The van der Waals surface area contributed by atoms with E-state index in [-0.39, 0.29) is 23.8 Å². The summed E-state index contributed by atoms with van der Waals surface area (Å²) in [6.07, 6.45) is 2.47. The van der Waals surface area contributed by atoms with Crippen LogP contribution >= 0.6 is 0 Å². The Labute approximate surface area is 121 Å². The average molecular weight is 281 g/mol. The van der Waals surface area contributed by atoms with Crippen molar-refractivity contribution in [2.24, 2.45) is 5.92 Å². The maximum absolute atomic E-state index is 12.5. The summed E-state index contributed by atoms with van der Waals surface area (Å²) in [5, 5.41) is 3.34. The summed E-state index contributed by atoms with van der Waals surface area (Å²) in [6.45, 7) is 9.28. The SMILES string of the molecule is CCCC(C)N1CC(C(=O)N2CCNC(C)C2)CC1=O. The van der Waals surface area contributed by atoms with Crippen LogP contribution in [-0.2, 0) is 9.59 Å². The van der Waals surface area contributed by atoms with Crippen LogP contribution in [0, 0.1) is 5.92 Å². The highest BCUT2D eigenvalue weighted by atomic mass is 16.2. The Balaban J connectivity index is 1.93. The molecule has 2 fully saturated rings. The molecule has 5 heteroatoms. The van der Waals surface area contributed by atoms with Crippen LogP contribution in [0.4, 0.5) is 0 Å². The van der Waals surface area contributed by atoms with Gasteiger partial charge in [0, 0.05) is 44.7 Å². The number of likely N-dealkylation sites (tertiary alicyclic amines) is 1. The van der Waals surface area contributed by atoms with Gasteiger partial charge in [-0.05, 0) is 20.3 Å². The molecular weight excluding hydrogens is 254 g/mol. The zero-order valence-corrected chi connectivity index (χ0v) is 12.9. The van der Waals surface area contributed by atoms with Gasteiger partial charge < -0.3 is 15.1 Å². The molecule has 0 radical (unpaired) electrons. The van der Waals surface area contributed by atoms with E-state index in [4.69, 9.17) is 0 Å². The number of amides is 2. The van der Waals surface area contributed by atoms with Gasteiger partial charge in [0.25, 0.3) is 0 Å². The predicted octanol–water partition coefficient (Wildman–Crippen LogP) is 0.844. The number of carbonyl (C=O) groups excluding carboxylic acids is 2. The molecule has 3 unspecified atom stereocenters. The lowest BCUT2D eigenvalue weighted by atomic mass is 10.1. The Morgan fingerprint density at radius 1 is 1.45 bits per heavy atom. The molecule has 2 aliphatic heterocycles. The highest BCUT2D eigenvalue weighted by Gasteiger charge is 2.38. The van der Waals surface area contributed by atoms with Crippen molar-refractivity contribution >= 4 is 11.8 Å². The first-order valence-corrected chi connectivity index (χ1v) is 7.84. The molecule has 2 amide bonds. The van der Waals surface area contributed by atoms with Crippen LogP contribution in [0.3, 0.4) is 0 Å². The highest BCUT2D eigenvalue weighted by Crippen LogP contribution is 2.24. The summed E-state index contributed by atoms with van der Waals surface area (Å²) < 4.78 is 0. The van der Waals surface area contributed by atoms with Crippen molar-refractivity contribution in [3.8, 4) is 0 Å². The number of nitrogens with zero attached hydrogens (tertiary/aromatic N) is 2. The summed E-state index contributed by atoms with van der Waals surface area (Å²) in [5.74, 6) is 0.178. The van der Waals surface area contributed by atoms with E-state index in [1.807, 2.05) is 9.80 Å². The minimum Gasteiger partial charge on any atom is -0.340 e. The second kappa shape index (κ2) is 6.57. The maximum Gasteiger partial charge on any atom is 0.228 e. The molecule has 0 aromatic carbocycles. The van der Waals surface area contributed by atoms with Gasteiger partial charge in [0.1, 0.15) is 0 Å². The van der Waals surface area contributed by atoms with E-state index in [0.717, 1.165) is 32.5 Å². The van der Waals surface area contributed by atoms with Crippen LogP contribution in [-0.4, -0.2) is 59.9 Å². The molecule has 0 aromatic rings. The first-order chi connectivity index (χ1) is 9.52.